The van der Waals surface area contributed by atoms with E-state index in [1.54, 1.807) is 0 Å². The number of esters is 3. The Bertz CT molecular complexity index is 1700. The summed E-state index contributed by atoms with van der Waals surface area (Å²) in [7, 11) is 0. The molecule has 0 aliphatic carbocycles. The summed E-state index contributed by atoms with van der Waals surface area (Å²) < 4.78 is 56.4. The maximum atomic E-state index is 12.9. The Morgan fingerprint density at radius 1 is 0.571 bits per heavy atom. The highest BCUT2D eigenvalue weighted by Crippen LogP contribution is 2.35. The second-order valence-corrected chi connectivity index (χ2v) is 14.2. The molecule has 0 bridgehead atoms. The number of ether oxygens (including phenoxy) is 9. The van der Waals surface area contributed by atoms with Gasteiger partial charge in [0.2, 0.25) is 5.91 Å². The summed E-state index contributed by atoms with van der Waals surface area (Å²) in [5, 5.41) is 2.96. The van der Waals surface area contributed by atoms with Gasteiger partial charge in [-0.25, -0.2) is 0 Å². The minimum atomic E-state index is -1.41. The maximum Gasteiger partial charge on any atom is 0.303 e. The summed E-state index contributed by atoms with van der Waals surface area (Å²) in [6.45, 7) is 5.41. The summed E-state index contributed by atoms with van der Waals surface area (Å²) in [6, 6.07) is 27.6. The molecule has 0 saturated carbocycles. The van der Waals surface area contributed by atoms with Crippen molar-refractivity contribution in [3.63, 3.8) is 0 Å². The van der Waals surface area contributed by atoms with E-state index in [0.29, 0.717) is 0 Å². The number of carbonyl (C=O) groups is 4. The topological polar surface area (TPSA) is 163 Å². The van der Waals surface area contributed by atoms with E-state index in [1.165, 1.54) is 27.7 Å². The number of rotatable bonds is 17. The average Bonchev–Trinajstić information content (AvgIpc) is 3.17. The Kier molecular flexibility index (Phi) is 16.6. The van der Waals surface area contributed by atoms with Crippen molar-refractivity contribution in [2.75, 3.05) is 11.0 Å². The number of nitrogens with one attached hydrogen (secondary N) is 1. The van der Waals surface area contributed by atoms with Gasteiger partial charge in [-0.15, -0.1) is 0 Å². The van der Waals surface area contributed by atoms with Crippen LogP contribution < -0.4 is 5.32 Å². The molecule has 14 nitrogen and oxygen atoms in total. The molecule has 3 aromatic rings. The zero-order chi connectivity index (χ0) is 40.0. The van der Waals surface area contributed by atoms with Crippen LogP contribution >= 0.6 is 22.6 Å². The number of amides is 1. The molecule has 15 heteroatoms. The van der Waals surface area contributed by atoms with E-state index in [0.717, 1.165) is 16.7 Å². The van der Waals surface area contributed by atoms with E-state index in [2.05, 4.69) is 27.9 Å². The molecule has 2 fully saturated rings. The van der Waals surface area contributed by atoms with Gasteiger partial charge < -0.3 is 47.9 Å². The van der Waals surface area contributed by atoms with Crippen LogP contribution in [0.3, 0.4) is 0 Å². The molecular weight excluding hydrogens is 841 g/mol. The second kappa shape index (κ2) is 21.5. The molecule has 5 rings (SSSR count). The molecule has 0 spiro atoms. The smallest absolute Gasteiger partial charge is 0.303 e. The Morgan fingerprint density at radius 3 is 1.57 bits per heavy atom. The van der Waals surface area contributed by atoms with E-state index in [1.807, 2.05) is 91.0 Å². The molecule has 2 aliphatic rings. The fraction of sp³-hybridized carbons (Fsp3) is 0.463. The summed E-state index contributed by atoms with van der Waals surface area (Å²) in [4.78, 5) is 50.2. The predicted octanol–water partition coefficient (Wildman–Crippen LogP) is 4.58. The van der Waals surface area contributed by atoms with Crippen molar-refractivity contribution in [1.82, 2.24) is 5.32 Å². The summed E-state index contributed by atoms with van der Waals surface area (Å²) in [6.07, 6.45) is -10.2. The molecule has 10 atom stereocenters. The molecule has 1 N–H and O–H groups in total. The number of halogens is 1. The predicted molar refractivity (Wildman–Crippen MR) is 208 cm³/mol. The van der Waals surface area contributed by atoms with E-state index in [-0.39, 0.29) is 36.8 Å². The van der Waals surface area contributed by atoms with Crippen molar-refractivity contribution >= 4 is 46.4 Å². The van der Waals surface area contributed by atoms with Crippen molar-refractivity contribution in [2.45, 2.75) is 109 Å². The maximum absolute atomic E-state index is 12.9. The van der Waals surface area contributed by atoms with Crippen molar-refractivity contribution in [1.29, 1.82) is 0 Å². The number of benzene rings is 3. The highest BCUT2D eigenvalue weighted by atomic mass is 127. The molecule has 2 heterocycles. The van der Waals surface area contributed by atoms with Gasteiger partial charge in [-0.2, -0.15) is 0 Å². The summed E-state index contributed by atoms with van der Waals surface area (Å²) >= 11 is 2.06. The number of hydrogen-bond donors (Lipinski definition) is 1. The normalized spacial score (nSPS) is 27.4. The lowest BCUT2D eigenvalue weighted by Crippen LogP contribution is -2.68. The molecular formula is C41H48INO13. The Hall–Kier alpha value is -3.97. The van der Waals surface area contributed by atoms with Gasteiger partial charge >= 0.3 is 17.9 Å². The minimum Gasteiger partial charge on any atom is -0.456 e. The number of alkyl halides is 1. The average molecular weight is 890 g/mol. The Labute approximate surface area is 339 Å². The SMILES string of the molecule is CC(=O)N[C@H]1[C@@H](OCc2ccccc2)O[C@H](COCc2ccccc2)[C@@H](O[C@@H]2O[C@H](CI)[C@@H](OC(C)=O)[C@H](OC(C)=O)[C@H]2OC(C)=O)[C@@H]1OCc1ccccc1. The Balaban J connectivity index is 1.56. The van der Waals surface area contributed by atoms with Crippen molar-refractivity contribution < 1.29 is 61.8 Å². The fourth-order valence-corrected chi connectivity index (χ4v) is 7.27. The summed E-state index contributed by atoms with van der Waals surface area (Å²) in [5.74, 6) is -2.48. The van der Waals surface area contributed by atoms with Crippen molar-refractivity contribution in [3.05, 3.63) is 108 Å². The molecule has 2 saturated heterocycles. The van der Waals surface area contributed by atoms with Gasteiger partial charge in [-0.05, 0) is 16.7 Å². The largest absolute Gasteiger partial charge is 0.456 e. The van der Waals surface area contributed by atoms with Crippen LogP contribution in [0.1, 0.15) is 44.4 Å². The third-order valence-electron chi connectivity index (χ3n) is 8.89. The van der Waals surface area contributed by atoms with Crippen LogP contribution in [-0.4, -0.2) is 96.2 Å². The number of carbonyl (C=O) groups excluding carboxylic acids is 4. The van der Waals surface area contributed by atoms with E-state index in [9.17, 15) is 19.2 Å². The lowest BCUT2D eigenvalue weighted by molar-refractivity contribution is -0.350. The highest BCUT2D eigenvalue weighted by Gasteiger charge is 2.56. The van der Waals surface area contributed by atoms with E-state index in [4.69, 9.17) is 42.6 Å². The van der Waals surface area contributed by atoms with Gasteiger partial charge in [0, 0.05) is 32.1 Å². The zero-order valence-corrected chi connectivity index (χ0v) is 33.8. The molecule has 302 valence electrons. The van der Waals surface area contributed by atoms with Gasteiger partial charge in [-0.1, -0.05) is 114 Å². The number of hydrogen-bond acceptors (Lipinski definition) is 13. The first kappa shape index (κ1) is 43.2. The van der Waals surface area contributed by atoms with Crippen LogP contribution in [0.15, 0.2) is 91.0 Å². The monoisotopic (exact) mass is 889 g/mol. The van der Waals surface area contributed by atoms with Gasteiger partial charge in [0.05, 0.1) is 26.4 Å². The minimum absolute atomic E-state index is 0.0349. The molecule has 2 aliphatic heterocycles. The lowest BCUT2D eigenvalue weighted by Gasteiger charge is -2.49. The second-order valence-electron chi connectivity index (χ2n) is 13.3. The van der Waals surface area contributed by atoms with Crippen LogP contribution in [0.5, 0.6) is 0 Å². The standard InChI is InChI=1S/C41H48INO13/c1-25(44)43-34-37(49-22-30-16-10-6-11-17-30)36(56-41-39(53-28(4)47)38(52-27(3)46)35(51-26(2)45)32(20-42)54-41)33(24-48-21-29-14-8-5-9-15-29)55-40(34)50-23-31-18-12-7-13-19-31/h5-19,32-41H,20-24H2,1-4H3,(H,43,44)/t32-,33-,34-,35-,36-,37-,38+,39-,40+,41+/m1/s1. The van der Waals surface area contributed by atoms with Crippen molar-refractivity contribution in [2.24, 2.45) is 0 Å². The van der Waals surface area contributed by atoms with Crippen molar-refractivity contribution in [3.8, 4) is 0 Å². The molecule has 0 radical (unpaired) electrons. The summed E-state index contributed by atoms with van der Waals surface area (Å²) in [5.41, 5.74) is 2.63. The van der Waals surface area contributed by atoms with Crippen LogP contribution in [-0.2, 0) is 81.6 Å². The molecule has 3 aromatic carbocycles. The van der Waals surface area contributed by atoms with Gasteiger partial charge in [0.25, 0.3) is 0 Å². The van der Waals surface area contributed by atoms with Crippen LogP contribution in [0.4, 0.5) is 0 Å². The third-order valence-corrected chi connectivity index (χ3v) is 9.76. The molecule has 56 heavy (non-hydrogen) atoms. The molecule has 1 amide bonds. The zero-order valence-electron chi connectivity index (χ0n) is 31.7. The fourth-order valence-electron chi connectivity index (χ4n) is 6.56. The van der Waals surface area contributed by atoms with Gasteiger partial charge in [0.1, 0.15) is 30.5 Å². The first-order chi connectivity index (χ1) is 27.0. The van der Waals surface area contributed by atoms with Crippen LogP contribution in [0.25, 0.3) is 0 Å². The van der Waals surface area contributed by atoms with Crippen LogP contribution in [0, 0.1) is 0 Å². The lowest BCUT2D eigenvalue weighted by atomic mass is 9.94. The van der Waals surface area contributed by atoms with E-state index >= 15 is 0 Å². The van der Waals surface area contributed by atoms with Crippen LogP contribution in [0.2, 0.25) is 0 Å². The molecule has 0 aromatic heterocycles. The third kappa shape index (κ3) is 12.5. The first-order valence-corrected chi connectivity index (χ1v) is 19.8. The first-order valence-electron chi connectivity index (χ1n) is 18.3. The van der Waals surface area contributed by atoms with Gasteiger partial charge in [-0.3, -0.25) is 19.2 Å². The van der Waals surface area contributed by atoms with Gasteiger partial charge in [0.15, 0.2) is 30.9 Å². The highest BCUT2D eigenvalue weighted by molar-refractivity contribution is 14.1. The van der Waals surface area contributed by atoms with E-state index < -0.39 is 79.3 Å². The Morgan fingerprint density at radius 2 is 1.05 bits per heavy atom. The quantitative estimate of drug-likeness (QED) is 0.0869. The molecule has 0 unspecified atom stereocenters.